The number of hydrogen-bond donors (Lipinski definition) is 2. The quantitative estimate of drug-likeness (QED) is 0.625. The number of nitrogens with zero attached hydrogens (tertiary/aromatic N) is 1. The SMILES string of the molecule is Cc1ccc(CCC(=O)Nc2nc(-c3ccc4c(c3)NC(=O)[C@@H](C)O4)c(C)s2)cc1. The van der Waals surface area contributed by atoms with Gasteiger partial charge in [-0.05, 0) is 51.0 Å². The third-order valence-corrected chi connectivity index (χ3v) is 5.87. The molecule has 2 heterocycles. The Balaban J connectivity index is 1.44. The van der Waals surface area contributed by atoms with Crippen LogP contribution >= 0.6 is 11.3 Å². The molecule has 0 radical (unpaired) electrons. The lowest BCUT2D eigenvalue weighted by molar-refractivity contribution is -0.122. The summed E-state index contributed by atoms with van der Waals surface area (Å²) in [6, 6.07) is 13.8. The van der Waals surface area contributed by atoms with E-state index in [1.165, 1.54) is 16.9 Å². The summed E-state index contributed by atoms with van der Waals surface area (Å²) in [4.78, 5) is 29.8. The summed E-state index contributed by atoms with van der Waals surface area (Å²) in [7, 11) is 0. The maximum Gasteiger partial charge on any atom is 0.265 e. The first-order valence-electron chi connectivity index (χ1n) is 9.84. The van der Waals surface area contributed by atoms with Crippen LogP contribution in [0.25, 0.3) is 11.3 Å². The number of thiazole rings is 1. The van der Waals surface area contributed by atoms with Crippen LogP contribution in [0.1, 0.15) is 29.3 Å². The first kappa shape index (κ1) is 20.1. The van der Waals surface area contributed by atoms with Crippen molar-refractivity contribution in [2.45, 2.75) is 39.7 Å². The number of fused-ring (bicyclic) bond motifs is 1. The number of hydrogen-bond acceptors (Lipinski definition) is 5. The lowest BCUT2D eigenvalue weighted by atomic mass is 10.1. The van der Waals surface area contributed by atoms with Crippen LogP contribution in [-0.2, 0) is 16.0 Å². The lowest BCUT2D eigenvalue weighted by Gasteiger charge is -2.23. The van der Waals surface area contributed by atoms with E-state index in [1.807, 2.05) is 44.2 Å². The molecule has 2 N–H and O–H groups in total. The predicted molar refractivity (Wildman–Crippen MR) is 119 cm³/mol. The molecule has 0 spiro atoms. The fourth-order valence-electron chi connectivity index (χ4n) is 3.27. The average molecular weight is 422 g/mol. The third-order valence-electron chi connectivity index (χ3n) is 4.99. The topological polar surface area (TPSA) is 80.3 Å². The summed E-state index contributed by atoms with van der Waals surface area (Å²) >= 11 is 1.44. The molecule has 0 saturated heterocycles. The van der Waals surface area contributed by atoms with Crippen LogP contribution in [0.3, 0.4) is 0 Å². The van der Waals surface area contributed by atoms with E-state index in [-0.39, 0.29) is 11.8 Å². The molecule has 1 aromatic heterocycles. The second-order valence-electron chi connectivity index (χ2n) is 7.42. The van der Waals surface area contributed by atoms with E-state index in [0.29, 0.717) is 29.4 Å². The number of rotatable bonds is 5. The lowest BCUT2D eigenvalue weighted by Crippen LogP contribution is -2.34. The van der Waals surface area contributed by atoms with Gasteiger partial charge >= 0.3 is 0 Å². The number of ether oxygens (including phenoxy) is 1. The zero-order valence-electron chi connectivity index (χ0n) is 17.1. The molecule has 2 amide bonds. The van der Waals surface area contributed by atoms with Crippen molar-refractivity contribution >= 4 is 34.0 Å². The van der Waals surface area contributed by atoms with E-state index < -0.39 is 6.10 Å². The molecule has 0 fully saturated rings. The highest BCUT2D eigenvalue weighted by Crippen LogP contribution is 2.36. The van der Waals surface area contributed by atoms with E-state index in [1.54, 1.807) is 6.92 Å². The summed E-state index contributed by atoms with van der Waals surface area (Å²) in [5.74, 6) is 0.413. The molecule has 154 valence electrons. The van der Waals surface area contributed by atoms with E-state index in [9.17, 15) is 9.59 Å². The highest BCUT2D eigenvalue weighted by Gasteiger charge is 2.24. The van der Waals surface area contributed by atoms with E-state index in [2.05, 4.69) is 27.8 Å². The predicted octanol–water partition coefficient (Wildman–Crippen LogP) is 4.72. The Hall–Kier alpha value is -3.19. The molecular weight excluding hydrogens is 398 g/mol. The molecule has 30 heavy (non-hydrogen) atoms. The maximum absolute atomic E-state index is 12.4. The van der Waals surface area contributed by atoms with E-state index in [4.69, 9.17) is 4.74 Å². The van der Waals surface area contributed by atoms with Gasteiger partial charge in [-0.1, -0.05) is 29.8 Å². The molecule has 6 nitrogen and oxygen atoms in total. The second-order valence-corrected chi connectivity index (χ2v) is 8.62. The minimum absolute atomic E-state index is 0.0593. The number of carbonyl (C=O) groups excluding carboxylic acids is 2. The normalized spacial score (nSPS) is 15.2. The van der Waals surface area contributed by atoms with Crippen molar-refractivity contribution in [3.8, 4) is 17.0 Å². The summed E-state index contributed by atoms with van der Waals surface area (Å²) in [5.41, 5.74) is 4.62. The van der Waals surface area contributed by atoms with Crippen molar-refractivity contribution in [3.63, 3.8) is 0 Å². The molecule has 1 aliphatic rings. The second kappa shape index (κ2) is 8.28. The number of benzene rings is 2. The number of nitrogens with one attached hydrogen (secondary N) is 2. The number of carbonyl (C=O) groups is 2. The Morgan fingerprint density at radius 3 is 2.73 bits per heavy atom. The molecule has 1 atom stereocenters. The molecular formula is C23H23N3O3S. The molecule has 4 rings (SSSR count). The van der Waals surface area contributed by atoms with Gasteiger partial charge in [-0.3, -0.25) is 9.59 Å². The van der Waals surface area contributed by atoms with Crippen LogP contribution < -0.4 is 15.4 Å². The van der Waals surface area contributed by atoms with Crippen LogP contribution in [0.2, 0.25) is 0 Å². The van der Waals surface area contributed by atoms with Crippen LogP contribution in [-0.4, -0.2) is 22.9 Å². The highest BCUT2D eigenvalue weighted by atomic mass is 32.1. The van der Waals surface area contributed by atoms with Gasteiger partial charge in [0.25, 0.3) is 5.91 Å². The molecule has 2 aromatic carbocycles. The van der Waals surface area contributed by atoms with Crippen LogP contribution in [0.5, 0.6) is 5.75 Å². The fraction of sp³-hybridized carbons (Fsp3) is 0.261. The molecule has 7 heteroatoms. The van der Waals surface area contributed by atoms with E-state index >= 15 is 0 Å². The minimum atomic E-state index is -0.508. The Morgan fingerprint density at radius 2 is 1.97 bits per heavy atom. The summed E-state index contributed by atoms with van der Waals surface area (Å²) < 4.78 is 5.61. The van der Waals surface area contributed by atoms with Crippen molar-refractivity contribution in [2.75, 3.05) is 10.6 Å². The van der Waals surface area contributed by atoms with Gasteiger partial charge in [-0.25, -0.2) is 4.98 Å². The summed E-state index contributed by atoms with van der Waals surface area (Å²) in [6.45, 7) is 5.72. The number of aromatic nitrogens is 1. The molecule has 1 aliphatic heterocycles. The van der Waals surface area contributed by atoms with Gasteiger partial charge in [-0.15, -0.1) is 11.3 Å². The molecule has 0 unspecified atom stereocenters. The first-order chi connectivity index (χ1) is 14.4. The van der Waals surface area contributed by atoms with Crippen molar-refractivity contribution in [1.29, 1.82) is 0 Å². The van der Waals surface area contributed by atoms with E-state index in [0.717, 1.165) is 21.7 Å². The van der Waals surface area contributed by atoms with Gasteiger partial charge in [0.2, 0.25) is 5.91 Å². The zero-order chi connectivity index (χ0) is 21.3. The average Bonchev–Trinajstić information content (AvgIpc) is 3.08. The van der Waals surface area contributed by atoms with Crippen LogP contribution in [0, 0.1) is 13.8 Å². The van der Waals surface area contributed by atoms with Gasteiger partial charge in [0.15, 0.2) is 11.2 Å². The Bertz CT molecular complexity index is 1110. The smallest absolute Gasteiger partial charge is 0.265 e. The minimum Gasteiger partial charge on any atom is -0.479 e. The molecule has 0 saturated carbocycles. The van der Waals surface area contributed by atoms with Gasteiger partial charge in [0, 0.05) is 16.9 Å². The fourth-order valence-corrected chi connectivity index (χ4v) is 4.12. The van der Waals surface area contributed by atoms with Crippen LogP contribution in [0.15, 0.2) is 42.5 Å². The molecule has 3 aromatic rings. The van der Waals surface area contributed by atoms with Crippen LogP contribution in [0.4, 0.5) is 10.8 Å². The number of amides is 2. The number of anilines is 2. The highest BCUT2D eigenvalue weighted by molar-refractivity contribution is 7.16. The van der Waals surface area contributed by atoms with Gasteiger partial charge in [0.05, 0.1) is 11.4 Å². The zero-order valence-corrected chi connectivity index (χ0v) is 17.9. The Labute approximate surface area is 179 Å². The standard InChI is InChI=1S/C23H23N3O3S/c1-13-4-6-16(7-5-13)8-11-20(27)25-23-26-21(15(3)30-23)17-9-10-19-18(12-17)24-22(28)14(2)29-19/h4-7,9-10,12,14H,8,11H2,1-3H3,(H,24,28)(H,25,26,27)/t14-/m1/s1. The number of aryl methyl sites for hydroxylation is 3. The van der Waals surface area contributed by atoms with Gasteiger partial charge < -0.3 is 15.4 Å². The Kier molecular flexibility index (Phi) is 5.55. The van der Waals surface area contributed by atoms with Crippen molar-refractivity contribution in [3.05, 3.63) is 58.5 Å². The largest absolute Gasteiger partial charge is 0.479 e. The Morgan fingerprint density at radius 1 is 1.20 bits per heavy atom. The molecule has 0 bridgehead atoms. The molecule has 0 aliphatic carbocycles. The van der Waals surface area contributed by atoms with Gasteiger partial charge in [0.1, 0.15) is 5.75 Å². The summed E-state index contributed by atoms with van der Waals surface area (Å²) in [5, 5.41) is 6.33. The van der Waals surface area contributed by atoms with Crippen molar-refractivity contribution in [2.24, 2.45) is 0 Å². The first-order valence-corrected chi connectivity index (χ1v) is 10.7. The third kappa shape index (κ3) is 4.36. The summed E-state index contributed by atoms with van der Waals surface area (Å²) in [6.07, 6.45) is 0.579. The van der Waals surface area contributed by atoms with Crippen molar-refractivity contribution < 1.29 is 14.3 Å². The van der Waals surface area contributed by atoms with Gasteiger partial charge in [-0.2, -0.15) is 0 Å². The van der Waals surface area contributed by atoms with Crippen molar-refractivity contribution in [1.82, 2.24) is 4.98 Å². The monoisotopic (exact) mass is 421 g/mol. The maximum atomic E-state index is 12.4.